The largest absolute Gasteiger partial charge is 0.494 e. The highest BCUT2D eigenvalue weighted by Crippen LogP contribution is 2.17. The molecule has 0 spiro atoms. The average molecular weight is 412 g/mol. The molecule has 0 aliphatic carbocycles. The number of hydrogen-bond donors (Lipinski definition) is 2. The molecule has 1 aliphatic rings. The average Bonchev–Trinajstić information content (AvgIpc) is 2.81. The Bertz CT molecular complexity index is 776. The molecule has 2 aromatic rings. The quantitative estimate of drug-likeness (QED) is 0.370. The van der Waals surface area contributed by atoms with Crippen molar-refractivity contribution in [2.45, 2.75) is 19.9 Å². The molecule has 3 rings (SSSR count). The number of rotatable bonds is 9. The van der Waals surface area contributed by atoms with Gasteiger partial charge in [0.25, 0.3) is 0 Å². The highest BCUT2D eigenvalue weighted by atomic mass is 16.5. The van der Waals surface area contributed by atoms with Gasteiger partial charge in [-0.05, 0) is 32.0 Å². The zero-order valence-electron chi connectivity index (χ0n) is 18.0. The molecule has 0 atom stereocenters. The number of nitrogens with zero attached hydrogens (tertiary/aromatic N) is 5. The second kappa shape index (κ2) is 12.0. The number of nitrogens with one attached hydrogen (secondary N) is 2. The van der Waals surface area contributed by atoms with Crippen LogP contribution in [-0.4, -0.2) is 73.8 Å². The normalized spacial score (nSPS) is 15.1. The van der Waals surface area contributed by atoms with Gasteiger partial charge in [-0.25, -0.2) is 9.97 Å². The zero-order chi connectivity index (χ0) is 21.0. The summed E-state index contributed by atoms with van der Waals surface area (Å²) in [7, 11) is 1.80. The Morgan fingerprint density at radius 1 is 1.07 bits per heavy atom. The van der Waals surface area contributed by atoms with E-state index in [0.29, 0.717) is 13.2 Å². The first kappa shape index (κ1) is 21.8. The highest BCUT2D eigenvalue weighted by Gasteiger charge is 2.18. The fourth-order valence-corrected chi connectivity index (χ4v) is 3.48. The van der Waals surface area contributed by atoms with Gasteiger partial charge in [-0.1, -0.05) is 18.2 Å². The molecule has 8 heteroatoms. The van der Waals surface area contributed by atoms with E-state index in [4.69, 9.17) is 4.74 Å². The van der Waals surface area contributed by atoms with Gasteiger partial charge in [-0.3, -0.25) is 9.89 Å². The molecular formula is C22H33N7O. The van der Waals surface area contributed by atoms with Crippen molar-refractivity contribution >= 4 is 11.9 Å². The van der Waals surface area contributed by atoms with Gasteiger partial charge in [0.1, 0.15) is 5.75 Å². The maximum absolute atomic E-state index is 5.69. The lowest BCUT2D eigenvalue weighted by Crippen LogP contribution is -2.47. The predicted molar refractivity (Wildman–Crippen MR) is 121 cm³/mol. The topological polar surface area (TPSA) is 77.9 Å². The second-order valence-electron chi connectivity index (χ2n) is 7.12. The van der Waals surface area contributed by atoms with Gasteiger partial charge in [-0.2, -0.15) is 0 Å². The summed E-state index contributed by atoms with van der Waals surface area (Å²) in [5.74, 6) is 2.56. The molecule has 1 aromatic heterocycles. The van der Waals surface area contributed by atoms with Crippen LogP contribution < -0.4 is 20.3 Å². The van der Waals surface area contributed by atoms with E-state index in [2.05, 4.69) is 41.5 Å². The molecule has 0 amide bonds. The zero-order valence-corrected chi connectivity index (χ0v) is 18.0. The van der Waals surface area contributed by atoms with E-state index in [1.54, 1.807) is 19.4 Å². The fourth-order valence-electron chi connectivity index (χ4n) is 3.48. The van der Waals surface area contributed by atoms with Gasteiger partial charge >= 0.3 is 0 Å². The lowest BCUT2D eigenvalue weighted by molar-refractivity contribution is 0.254. The summed E-state index contributed by atoms with van der Waals surface area (Å²) >= 11 is 0. The number of hydrogen-bond acceptors (Lipinski definition) is 6. The molecule has 0 radical (unpaired) electrons. The van der Waals surface area contributed by atoms with Crippen molar-refractivity contribution < 1.29 is 4.74 Å². The van der Waals surface area contributed by atoms with E-state index in [-0.39, 0.29) is 0 Å². The third-order valence-corrected chi connectivity index (χ3v) is 5.09. The van der Waals surface area contributed by atoms with Crippen LogP contribution in [-0.2, 0) is 6.54 Å². The Morgan fingerprint density at radius 3 is 2.57 bits per heavy atom. The number of aromatic nitrogens is 2. The van der Waals surface area contributed by atoms with E-state index in [1.165, 1.54) is 0 Å². The smallest absolute Gasteiger partial charge is 0.225 e. The van der Waals surface area contributed by atoms with Crippen molar-refractivity contribution in [1.82, 2.24) is 25.5 Å². The first-order valence-electron chi connectivity index (χ1n) is 10.7. The van der Waals surface area contributed by atoms with Crippen LogP contribution in [0.3, 0.4) is 0 Å². The number of guanidine groups is 1. The van der Waals surface area contributed by atoms with Gasteiger partial charge in [0, 0.05) is 64.3 Å². The van der Waals surface area contributed by atoms with Gasteiger partial charge in [0.15, 0.2) is 5.96 Å². The third-order valence-electron chi connectivity index (χ3n) is 5.09. The van der Waals surface area contributed by atoms with Crippen molar-refractivity contribution in [3.63, 3.8) is 0 Å². The highest BCUT2D eigenvalue weighted by molar-refractivity contribution is 5.79. The van der Waals surface area contributed by atoms with Crippen LogP contribution in [0.15, 0.2) is 47.7 Å². The summed E-state index contributed by atoms with van der Waals surface area (Å²) in [5.41, 5.74) is 1.13. The minimum Gasteiger partial charge on any atom is -0.494 e. The summed E-state index contributed by atoms with van der Waals surface area (Å²) in [6.07, 6.45) is 4.67. The van der Waals surface area contributed by atoms with Crippen molar-refractivity contribution in [3.05, 3.63) is 48.3 Å². The first-order chi connectivity index (χ1) is 14.8. The number of piperazine rings is 1. The molecule has 0 saturated carbocycles. The summed E-state index contributed by atoms with van der Waals surface area (Å²) in [6.45, 7) is 9.32. The number of aliphatic imine (C=N–C) groups is 1. The molecule has 30 heavy (non-hydrogen) atoms. The van der Waals surface area contributed by atoms with Crippen LogP contribution in [0.4, 0.5) is 5.95 Å². The maximum Gasteiger partial charge on any atom is 0.225 e. The standard InChI is InChI=1S/C22H33N7O/c1-3-30-20-9-5-4-8-19(20)18-27-21(23-2)24-12-7-13-28-14-16-29(17-15-28)22-25-10-6-11-26-22/h4-6,8-11H,3,7,12-18H2,1-2H3,(H2,23,24,27). The Hall–Kier alpha value is -2.87. The van der Waals surface area contributed by atoms with Crippen LogP contribution >= 0.6 is 0 Å². The van der Waals surface area contributed by atoms with Crippen LogP contribution in [0.25, 0.3) is 0 Å². The van der Waals surface area contributed by atoms with E-state index in [1.807, 2.05) is 31.2 Å². The van der Waals surface area contributed by atoms with Gasteiger partial charge in [-0.15, -0.1) is 0 Å². The molecule has 0 unspecified atom stereocenters. The molecule has 2 N–H and O–H groups in total. The van der Waals surface area contributed by atoms with Crippen molar-refractivity contribution in [3.8, 4) is 5.75 Å². The van der Waals surface area contributed by atoms with E-state index >= 15 is 0 Å². The van der Waals surface area contributed by atoms with E-state index in [9.17, 15) is 0 Å². The van der Waals surface area contributed by atoms with Crippen molar-refractivity contribution in [2.75, 3.05) is 57.8 Å². The number of benzene rings is 1. The van der Waals surface area contributed by atoms with Crippen molar-refractivity contribution in [1.29, 1.82) is 0 Å². The summed E-state index contributed by atoms with van der Waals surface area (Å²) in [6, 6.07) is 9.95. The minimum atomic E-state index is 0.663. The third kappa shape index (κ3) is 6.59. The van der Waals surface area contributed by atoms with E-state index < -0.39 is 0 Å². The molecule has 8 nitrogen and oxygen atoms in total. The minimum absolute atomic E-state index is 0.663. The molecule has 2 heterocycles. The molecule has 1 saturated heterocycles. The van der Waals surface area contributed by atoms with Gasteiger partial charge in [0.05, 0.1) is 6.61 Å². The Morgan fingerprint density at radius 2 is 1.83 bits per heavy atom. The van der Waals surface area contributed by atoms with Crippen LogP contribution in [0.2, 0.25) is 0 Å². The molecule has 162 valence electrons. The molecule has 0 bridgehead atoms. The lowest BCUT2D eigenvalue weighted by Gasteiger charge is -2.34. The summed E-state index contributed by atoms with van der Waals surface area (Å²) in [4.78, 5) is 17.8. The van der Waals surface area contributed by atoms with Crippen LogP contribution in [0.5, 0.6) is 5.75 Å². The van der Waals surface area contributed by atoms with Crippen LogP contribution in [0, 0.1) is 0 Å². The number of anilines is 1. The molecule has 1 aliphatic heterocycles. The molecule has 1 aromatic carbocycles. The van der Waals surface area contributed by atoms with Crippen LogP contribution in [0.1, 0.15) is 18.9 Å². The van der Waals surface area contributed by atoms with Gasteiger partial charge in [0.2, 0.25) is 5.95 Å². The monoisotopic (exact) mass is 411 g/mol. The fraction of sp³-hybridized carbons (Fsp3) is 0.500. The molecule has 1 fully saturated rings. The Balaban J connectivity index is 1.33. The first-order valence-corrected chi connectivity index (χ1v) is 10.7. The summed E-state index contributed by atoms with van der Waals surface area (Å²) in [5, 5.41) is 6.78. The number of ether oxygens (including phenoxy) is 1. The Labute approximate surface area is 179 Å². The second-order valence-corrected chi connectivity index (χ2v) is 7.12. The lowest BCUT2D eigenvalue weighted by atomic mass is 10.2. The maximum atomic E-state index is 5.69. The Kier molecular flexibility index (Phi) is 8.71. The summed E-state index contributed by atoms with van der Waals surface area (Å²) < 4.78 is 5.69. The van der Waals surface area contributed by atoms with Gasteiger partial charge < -0.3 is 20.3 Å². The number of para-hydroxylation sites is 1. The van der Waals surface area contributed by atoms with Crippen molar-refractivity contribution in [2.24, 2.45) is 4.99 Å². The molecular weight excluding hydrogens is 378 g/mol. The predicted octanol–water partition coefficient (Wildman–Crippen LogP) is 1.75. The SMILES string of the molecule is CCOc1ccccc1CNC(=NC)NCCCN1CCN(c2ncccn2)CC1. The van der Waals surface area contributed by atoms with E-state index in [0.717, 1.165) is 68.9 Å².